The molecule has 0 saturated carbocycles. The number of carboxylic acids is 1. The molecule has 0 atom stereocenters. The molecule has 1 aromatic heterocycles. The number of nitrogens with one attached hydrogen (secondary N) is 1. The molecule has 0 bridgehead atoms. The second-order valence-corrected chi connectivity index (χ2v) is 7.26. The number of anilines is 1. The van der Waals surface area contributed by atoms with Crippen LogP contribution in [0, 0.1) is 0 Å². The highest BCUT2D eigenvalue weighted by molar-refractivity contribution is 5.90. The van der Waals surface area contributed by atoms with E-state index in [1.54, 1.807) is 18.2 Å². The first kappa shape index (κ1) is 19.6. The summed E-state index contributed by atoms with van der Waals surface area (Å²) in [5, 5.41) is 15.5. The van der Waals surface area contributed by atoms with E-state index < -0.39 is 5.97 Å². The zero-order valence-corrected chi connectivity index (χ0v) is 15.4. The van der Waals surface area contributed by atoms with E-state index in [0.29, 0.717) is 43.1 Å². The van der Waals surface area contributed by atoms with Crippen LogP contribution in [0.25, 0.3) is 0 Å². The van der Waals surface area contributed by atoms with Gasteiger partial charge in [-0.2, -0.15) is 4.98 Å². The van der Waals surface area contributed by atoms with E-state index >= 15 is 0 Å². The molecule has 1 aromatic carbocycles. The Bertz CT molecular complexity index is 762. The molecule has 2 aromatic rings. The average Bonchev–Trinajstić information content (AvgIpc) is 3.02. The summed E-state index contributed by atoms with van der Waals surface area (Å²) < 4.78 is 5.21. The van der Waals surface area contributed by atoms with Crippen molar-refractivity contribution in [3.63, 3.8) is 0 Å². The minimum Gasteiger partial charge on any atom is -0.481 e. The van der Waals surface area contributed by atoms with Gasteiger partial charge in [-0.25, -0.2) is 0 Å². The van der Waals surface area contributed by atoms with Gasteiger partial charge >= 0.3 is 5.97 Å². The van der Waals surface area contributed by atoms with Crippen LogP contribution in [-0.2, 0) is 27.8 Å². The highest BCUT2D eigenvalue weighted by Crippen LogP contribution is 2.19. The van der Waals surface area contributed by atoms with E-state index in [4.69, 9.17) is 9.63 Å². The molecule has 7 heteroatoms. The quantitative estimate of drug-likeness (QED) is 0.749. The third-order valence-electron chi connectivity index (χ3n) is 3.77. The Morgan fingerprint density at radius 1 is 1.19 bits per heavy atom. The summed E-state index contributed by atoms with van der Waals surface area (Å²) in [6.45, 7) is 6.04. The lowest BCUT2D eigenvalue weighted by Crippen LogP contribution is -2.13. The second-order valence-electron chi connectivity index (χ2n) is 7.26. The summed E-state index contributed by atoms with van der Waals surface area (Å²) in [6.07, 6.45) is 2.00. The number of nitrogens with zero attached hydrogens (tertiary/aromatic N) is 2. The van der Waals surface area contributed by atoms with Crippen LogP contribution in [-0.4, -0.2) is 27.1 Å². The third-order valence-corrected chi connectivity index (χ3v) is 3.77. The molecule has 0 spiro atoms. The summed E-state index contributed by atoms with van der Waals surface area (Å²) in [7, 11) is 0. The summed E-state index contributed by atoms with van der Waals surface area (Å²) in [5.41, 5.74) is 1.39. The van der Waals surface area contributed by atoms with Gasteiger partial charge in [0, 0.05) is 30.4 Å². The zero-order valence-electron chi connectivity index (χ0n) is 15.4. The summed E-state index contributed by atoms with van der Waals surface area (Å²) in [5.74, 6) is 0.263. The Morgan fingerprint density at radius 3 is 2.62 bits per heavy atom. The molecule has 0 fully saturated rings. The number of rotatable bonds is 8. The van der Waals surface area contributed by atoms with Gasteiger partial charge in [-0.1, -0.05) is 38.1 Å². The smallest absolute Gasteiger partial charge is 0.303 e. The van der Waals surface area contributed by atoms with Crippen molar-refractivity contribution in [3.05, 3.63) is 41.5 Å². The van der Waals surface area contributed by atoms with E-state index in [1.165, 1.54) is 0 Å². The Balaban J connectivity index is 1.79. The van der Waals surface area contributed by atoms with Crippen LogP contribution in [0.3, 0.4) is 0 Å². The molecule has 0 aliphatic carbocycles. The van der Waals surface area contributed by atoms with Crippen molar-refractivity contribution in [3.8, 4) is 0 Å². The van der Waals surface area contributed by atoms with Gasteiger partial charge in [0.15, 0.2) is 5.82 Å². The first-order valence-electron chi connectivity index (χ1n) is 8.67. The number of aryl methyl sites for hydroxylation is 2. The van der Waals surface area contributed by atoms with Gasteiger partial charge in [-0.3, -0.25) is 9.59 Å². The van der Waals surface area contributed by atoms with Crippen LogP contribution in [0.1, 0.15) is 57.3 Å². The fraction of sp³-hybridized carbons (Fsp3) is 0.474. The van der Waals surface area contributed by atoms with Crippen molar-refractivity contribution < 1.29 is 19.2 Å². The standard InChI is InChI=1S/C19H25N3O4/c1-19(2,3)18-21-16(26-22-18)9-5-8-15(23)20-14-7-4-6-13(12-14)10-11-17(24)25/h4,6-7,12H,5,8-11H2,1-3H3,(H,20,23)(H,24,25). The van der Waals surface area contributed by atoms with Gasteiger partial charge in [0.1, 0.15) is 0 Å². The van der Waals surface area contributed by atoms with E-state index in [1.807, 2.05) is 26.8 Å². The number of benzene rings is 1. The minimum absolute atomic E-state index is 0.0676. The third kappa shape index (κ3) is 6.31. The molecular formula is C19H25N3O4. The number of hydrogen-bond acceptors (Lipinski definition) is 5. The molecule has 1 heterocycles. The normalized spacial score (nSPS) is 11.3. The number of aromatic nitrogens is 2. The molecule has 0 radical (unpaired) electrons. The zero-order chi connectivity index (χ0) is 19.2. The maximum Gasteiger partial charge on any atom is 0.303 e. The van der Waals surface area contributed by atoms with Crippen LogP contribution >= 0.6 is 0 Å². The van der Waals surface area contributed by atoms with E-state index in [-0.39, 0.29) is 17.7 Å². The fourth-order valence-electron chi connectivity index (χ4n) is 2.34. The Kier molecular flexibility index (Phi) is 6.49. The lowest BCUT2D eigenvalue weighted by atomic mass is 9.96. The molecule has 0 aliphatic heterocycles. The highest BCUT2D eigenvalue weighted by Gasteiger charge is 2.20. The maximum absolute atomic E-state index is 12.1. The van der Waals surface area contributed by atoms with Crippen molar-refractivity contribution >= 4 is 17.6 Å². The number of carbonyl (C=O) groups excluding carboxylic acids is 1. The fourth-order valence-corrected chi connectivity index (χ4v) is 2.34. The lowest BCUT2D eigenvalue weighted by Gasteiger charge is -2.10. The molecule has 26 heavy (non-hydrogen) atoms. The van der Waals surface area contributed by atoms with Crippen molar-refractivity contribution in [2.45, 2.75) is 58.3 Å². The van der Waals surface area contributed by atoms with Crippen molar-refractivity contribution in [1.29, 1.82) is 0 Å². The maximum atomic E-state index is 12.1. The van der Waals surface area contributed by atoms with Gasteiger partial charge in [0.2, 0.25) is 11.8 Å². The second kappa shape index (κ2) is 8.60. The summed E-state index contributed by atoms with van der Waals surface area (Å²) in [4.78, 5) is 27.1. The molecule has 2 N–H and O–H groups in total. The highest BCUT2D eigenvalue weighted by atomic mass is 16.5. The molecule has 140 valence electrons. The molecular weight excluding hydrogens is 334 g/mol. The van der Waals surface area contributed by atoms with Crippen LogP contribution in [0.2, 0.25) is 0 Å². The number of carboxylic acid groups (broad SMARTS) is 1. The SMILES string of the molecule is CC(C)(C)c1noc(CCCC(=O)Nc2cccc(CCC(=O)O)c2)n1. The van der Waals surface area contributed by atoms with Gasteiger partial charge in [0.25, 0.3) is 0 Å². The van der Waals surface area contributed by atoms with Crippen molar-refractivity contribution in [2.75, 3.05) is 5.32 Å². The Morgan fingerprint density at radius 2 is 1.96 bits per heavy atom. The molecule has 1 amide bonds. The van der Waals surface area contributed by atoms with E-state index in [0.717, 1.165) is 5.56 Å². The molecule has 0 aliphatic rings. The number of carbonyl (C=O) groups is 2. The van der Waals surface area contributed by atoms with Crippen LogP contribution < -0.4 is 5.32 Å². The van der Waals surface area contributed by atoms with Crippen molar-refractivity contribution in [1.82, 2.24) is 10.1 Å². The molecule has 0 saturated heterocycles. The molecule has 2 rings (SSSR count). The van der Waals surface area contributed by atoms with Crippen LogP contribution in [0.15, 0.2) is 28.8 Å². The van der Waals surface area contributed by atoms with E-state index in [2.05, 4.69) is 15.5 Å². The van der Waals surface area contributed by atoms with Crippen LogP contribution in [0.5, 0.6) is 0 Å². The van der Waals surface area contributed by atoms with Gasteiger partial charge in [0.05, 0.1) is 0 Å². The largest absolute Gasteiger partial charge is 0.481 e. The van der Waals surface area contributed by atoms with Crippen molar-refractivity contribution in [2.24, 2.45) is 0 Å². The Hall–Kier alpha value is -2.70. The number of hydrogen-bond donors (Lipinski definition) is 2. The van der Waals surface area contributed by atoms with Gasteiger partial charge in [-0.05, 0) is 30.5 Å². The van der Waals surface area contributed by atoms with Gasteiger partial charge < -0.3 is 14.9 Å². The van der Waals surface area contributed by atoms with Crippen LogP contribution in [0.4, 0.5) is 5.69 Å². The molecule has 7 nitrogen and oxygen atoms in total. The first-order valence-corrected chi connectivity index (χ1v) is 8.67. The average molecular weight is 359 g/mol. The summed E-state index contributed by atoms with van der Waals surface area (Å²) >= 11 is 0. The first-order chi connectivity index (χ1) is 12.2. The monoisotopic (exact) mass is 359 g/mol. The number of aliphatic carboxylic acids is 1. The molecule has 0 unspecified atom stereocenters. The summed E-state index contributed by atoms with van der Waals surface area (Å²) in [6, 6.07) is 7.24. The predicted molar refractivity (Wildman–Crippen MR) is 97.0 cm³/mol. The minimum atomic E-state index is -0.838. The Labute approximate surface area is 152 Å². The lowest BCUT2D eigenvalue weighted by molar-refractivity contribution is -0.137. The van der Waals surface area contributed by atoms with Gasteiger partial charge in [-0.15, -0.1) is 0 Å². The number of amides is 1. The predicted octanol–water partition coefficient (Wildman–Crippen LogP) is 3.35. The topological polar surface area (TPSA) is 105 Å². The van der Waals surface area contributed by atoms with E-state index in [9.17, 15) is 9.59 Å².